The fourth-order valence-electron chi connectivity index (χ4n) is 4.91. The van der Waals surface area contributed by atoms with E-state index in [2.05, 4.69) is 44.0 Å². The lowest BCUT2D eigenvalue weighted by atomic mass is 9.96. The summed E-state index contributed by atoms with van der Waals surface area (Å²) in [7, 11) is 0. The van der Waals surface area contributed by atoms with Gasteiger partial charge in [-0.1, -0.05) is 40.5 Å². The number of rotatable bonds is 8. The van der Waals surface area contributed by atoms with Gasteiger partial charge in [-0.2, -0.15) is 0 Å². The number of piperidine rings is 2. The molecule has 1 N–H and O–H groups in total. The summed E-state index contributed by atoms with van der Waals surface area (Å²) in [4.78, 5) is 30.8. The molecule has 2 fully saturated rings. The molecule has 0 radical (unpaired) electrons. The van der Waals surface area contributed by atoms with Gasteiger partial charge in [-0.3, -0.25) is 9.59 Å². The van der Waals surface area contributed by atoms with E-state index in [0.717, 1.165) is 100 Å². The summed E-state index contributed by atoms with van der Waals surface area (Å²) < 4.78 is 0. The topological polar surface area (TPSA) is 52.7 Å². The van der Waals surface area contributed by atoms with Gasteiger partial charge >= 0.3 is 0 Å². The van der Waals surface area contributed by atoms with Crippen LogP contribution in [-0.4, -0.2) is 42.9 Å². The van der Waals surface area contributed by atoms with Crippen LogP contribution in [0, 0.1) is 17.8 Å². The summed E-state index contributed by atoms with van der Waals surface area (Å²) in [6, 6.07) is 5.96. The molecule has 32 heavy (non-hydrogen) atoms. The Balaban J connectivity index is 1.83. The number of nitrogens with zero attached hydrogens (tertiary/aromatic N) is 2. The molecule has 5 heteroatoms. The predicted octanol–water partition coefficient (Wildman–Crippen LogP) is 5.95. The van der Waals surface area contributed by atoms with E-state index >= 15 is 0 Å². The number of benzene rings is 1. The second-order valence-electron chi connectivity index (χ2n) is 10.1. The number of likely N-dealkylation sites (tertiary alicyclic amines) is 1. The second kappa shape index (κ2) is 11.7. The van der Waals surface area contributed by atoms with Crippen molar-refractivity contribution in [1.29, 1.82) is 0 Å². The minimum absolute atomic E-state index is 0.0287. The molecule has 5 nitrogen and oxygen atoms in total. The van der Waals surface area contributed by atoms with E-state index in [1.807, 2.05) is 17.0 Å². The average Bonchev–Trinajstić information content (AvgIpc) is 2.80. The molecule has 2 amide bonds. The Hall–Kier alpha value is -2.04. The smallest absolute Gasteiger partial charge is 0.256 e. The van der Waals surface area contributed by atoms with Gasteiger partial charge in [0.25, 0.3) is 5.91 Å². The van der Waals surface area contributed by atoms with Crippen molar-refractivity contribution in [3.8, 4) is 0 Å². The number of carbonyl (C=O) groups is 2. The van der Waals surface area contributed by atoms with Crippen LogP contribution in [0.3, 0.4) is 0 Å². The number of hydrogen-bond donors (Lipinski definition) is 1. The summed E-state index contributed by atoms with van der Waals surface area (Å²) >= 11 is 0. The van der Waals surface area contributed by atoms with Crippen molar-refractivity contribution in [2.45, 2.75) is 79.1 Å². The summed E-state index contributed by atoms with van der Waals surface area (Å²) in [5.41, 5.74) is 2.51. The highest BCUT2D eigenvalue weighted by molar-refractivity contribution is 6.02. The zero-order valence-electron chi connectivity index (χ0n) is 20.7. The third-order valence-corrected chi connectivity index (χ3v) is 7.46. The van der Waals surface area contributed by atoms with Crippen LogP contribution in [0.1, 0.15) is 89.4 Å². The number of amides is 2. The number of unbranched alkanes of at least 4 members (excludes halogenated alkanes) is 1. The SMILES string of the molecule is CCCCC(CC)C(=O)Nc1ccc(N2CCC(C)CC2)c(C(=O)N2CCC(C)CC2)c1. The first-order chi connectivity index (χ1) is 15.4. The van der Waals surface area contributed by atoms with Crippen LogP contribution in [0.15, 0.2) is 18.2 Å². The zero-order chi connectivity index (χ0) is 23.1. The van der Waals surface area contributed by atoms with Crippen molar-refractivity contribution in [1.82, 2.24) is 4.90 Å². The normalized spacial score (nSPS) is 19.1. The Bertz CT molecular complexity index is 762. The van der Waals surface area contributed by atoms with Crippen molar-refractivity contribution >= 4 is 23.2 Å². The van der Waals surface area contributed by atoms with Crippen LogP contribution < -0.4 is 10.2 Å². The van der Waals surface area contributed by atoms with Gasteiger partial charge in [-0.25, -0.2) is 0 Å². The minimum atomic E-state index is 0.0287. The van der Waals surface area contributed by atoms with Crippen molar-refractivity contribution in [2.75, 3.05) is 36.4 Å². The summed E-state index contributed by atoms with van der Waals surface area (Å²) in [6.07, 6.45) is 8.36. The third-order valence-electron chi connectivity index (χ3n) is 7.46. The van der Waals surface area contributed by atoms with Gasteiger partial charge in [0.1, 0.15) is 0 Å². The Morgan fingerprint density at radius 1 is 1.00 bits per heavy atom. The molecule has 0 aliphatic carbocycles. The Labute approximate surface area is 194 Å². The molecule has 0 saturated carbocycles. The molecule has 0 aromatic heterocycles. The largest absolute Gasteiger partial charge is 0.371 e. The lowest BCUT2D eigenvalue weighted by molar-refractivity contribution is -0.120. The van der Waals surface area contributed by atoms with Crippen LogP contribution in [0.5, 0.6) is 0 Å². The summed E-state index contributed by atoms with van der Waals surface area (Å²) in [5, 5.41) is 3.12. The number of anilines is 2. The van der Waals surface area contributed by atoms with E-state index in [1.54, 1.807) is 0 Å². The highest BCUT2D eigenvalue weighted by atomic mass is 16.2. The van der Waals surface area contributed by atoms with Crippen molar-refractivity contribution in [3.05, 3.63) is 23.8 Å². The molecule has 3 rings (SSSR count). The van der Waals surface area contributed by atoms with Crippen molar-refractivity contribution in [3.63, 3.8) is 0 Å². The van der Waals surface area contributed by atoms with Crippen LogP contribution >= 0.6 is 0 Å². The molecule has 2 aliphatic rings. The fourth-order valence-corrected chi connectivity index (χ4v) is 4.91. The van der Waals surface area contributed by atoms with Gasteiger partial charge in [0, 0.05) is 43.5 Å². The van der Waals surface area contributed by atoms with Gasteiger partial charge in [0.2, 0.25) is 5.91 Å². The molecule has 1 unspecified atom stereocenters. The highest BCUT2D eigenvalue weighted by Crippen LogP contribution is 2.31. The number of nitrogens with one attached hydrogen (secondary N) is 1. The molecule has 178 valence electrons. The Morgan fingerprint density at radius 3 is 2.22 bits per heavy atom. The molecule has 1 aromatic rings. The second-order valence-corrected chi connectivity index (χ2v) is 10.1. The van der Waals surface area contributed by atoms with Gasteiger partial charge in [0.05, 0.1) is 5.56 Å². The Morgan fingerprint density at radius 2 is 1.62 bits per heavy atom. The van der Waals surface area contributed by atoms with E-state index in [-0.39, 0.29) is 17.7 Å². The predicted molar refractivity (Wildman–Crippen MR) is 133 cm³/mol. The molecule has 1 aromatic carbocycles. The number of hydrogen-bond acceptors (Lipinski definition) is 3. The maximum atomic E-state index is 13.6. The minimum Gasteiger partial charge on any atom is -0.371 e. The van der Waals surface area contributed by atoms with Crippen LogP contribution in [-0.2, 0) is 4.79 Å². The molecule has 1 atom stereocenters. The Kier molecular flexibility index (Phi) is 9.01. The van der Waals surface area contributed by atoms with Crippen LogP contribution in [0.2, 0.25) is 0 Å². The summed E-state index contributed by atoms with van der Waals surface area (Å²) in [6.45, 7) is 12.4. The first-order valence-electron chi connectivity index (χ1n) is 12.9. The quantitative estimate of drug-likeness (QED) is 0.542. The lowest BCUT2D eigenvalue weighted by Gasteiger charge is -2.35. The van der Waals surface area contributed by atoms with Gasteiger partial charge in [0.15, 0.2) is 0 Å². The van der Waals surface area contributed by atoms with E-state index in [0.29, 0.717) is 5.92 Å². The van der Waals surface area contributed by atoms with Crippen LogP contribution in [0.25, 0.3) is 0 Å². The lowest BCUT2D eigenvalue weighted by Crippen LogP contribution is -2.40. The standard InChI is InChI=1S/C27H43N3O2/c1-5-7-8-22(6-2)26(31)28-23-9-10-25(29-15-11-20(3)12-16-29)24(19-23)27(32)30-17-13-21(4)14-18-30/h9-10,19-22H,5-8,11-18H2,1-4H3,(H,28,31). The first-order valence-corrected chi connectivity index (χ1v) is 12.9. The number of carbonyl (C=O) groups excluding carboxylic acids is 2. The highest BCUT2D eigenvalue weighted by Gasteiger charge is 2.27. The maximum Gasteiger partial charge on any atom is 0.256 e. The van der Waals surface area contributed by atoms with Gasteiger partial charge in [-0.15, -0.1) is 0 Å². The molecule has 0 spiro atoms. The monoisotopic (exact) mass is 441 g/mol. The third kappa shape index (κ3) is 6.26. The van der Waals surface area contributed by atoms with Gasteiger partial charge < -0.3 is 15.1 Å². The molecular weight excluding hydrogens is 398 g/mol. The van der Waals surface area contributed by atoms with E-state index < -0.39 is 0 Å². The molecule has 2 saturated heterocycles. The molecule has 2 aliphatic heterocycles. The molecule has 0 bridgehead atoms. The van der Waals surface area contributed by atoms with E-state index in [9.17, 15) is 9.59 Å². The van der Waals surface area contributed by atoms with Crippen LogP contribution in [0.4, 0.5) is 11.4 Å². The fraction of sp³-hybridized carbons (Fsp3) is 0.704. The molecule has 2 heterocycles. The van der Waals surface area contributed by atoms with Gasteiger partial charge in [-0.05, 0) is 68.6 Å². The average molecular weight is 442 g/mol. The van der Waals surface area contributed by atoms with Crippen molar-refractivity contribution in [2.24, 2.45) is 17.8 Å². The van der Waals surface area contributed by atoms with E-state index in [1.165, 1.54) is 0 Å². The summed E-state index contributed by atoms with van der Waals surface area (Å²) in [5.74, 6) is 1.63. The first kappa shape index (κ1) is 24.6. The van der Waals surface area contributed by atoms with Crippen molar-refractivity contribution < 1.29 is 9.59 Å². The van der Waals surface area contributed by atoms with E-state index in [4.69, 9.17) is 0 Å². The molecular formula is C27H43N3O2. The zero-order valence-corrected chi connectivity index (χ0v) is 20.7. The maximum absolute atomic E-state index is 13.6.